The van der Waals surface area contributed by atoms with Crippen LogP contribution >= 0.6 is 15.9 Å². The van der Waals surface area contributed by atoms with Gasteiger partial charge in [0, 0.05) is 4.83 Å². The van der Waals surface area contributed by atoms with Crippen molar-refractivity contribution in [2.24, 2.45) is 23.2 Å². The predicted octanol–water partition coefficient (Wildman–Crippen LogP) is 6.18. The smallest absolute Gasteiger partial charge is 0.0952 e. The Morgan fingerprint density at radius 3 is 2.88 bits per heavy atom. The van der Waals surface area contributed by atoms with Gasteiger partial charge in [-0.1, -0.05) is 48.9 Å². The van der Waals surface area contributed by atoms with Crippen LogP contribution in [-0.2, 0) is 4.74 Å². The molecule has 2 aliphatic heterocycles. The fourth-order valence-corrected chi connectivity index (χ4v) is 8.16. The van der Waals surface area contributed by atoms with Crippen molar-refractivity contribution in [2.75, 3.05) is 0 Å². The van der Waals surface area contributed by atoms with Crippen molar-refractivity contribution in [1.82, 2.24) is 0 Å². The van der Waals surface area contributed by atoms with Gasteiger partial charge in [0.25, 0.3) is 0 Å². The summed E-state index contributed by atoms with van der Waals surface area (Å²) in [6.07, 6.45) is 15.5. The molecule has 3 fully saturated rings. The van der Waals surface area contributed by atoms with Gasteiger partial charge in [-0.3, -0.25) is 0 Å². The Balaban J connectivity index is 1.62. The van der Waals surface area contributed by atoms with Crippen LogP contribution in [0.25, 0.3) is 0 Å². The fraction of sp³-hybridized carbons (Fsp3) is 0.818. The molecule has 1 saturated heterocycles. The molecule has 7 unspecified atom stereocenters. The lowest BCUT2D eigenvalue weighted by molar-refractivity contribution is -0.143. The van der Waals surface area contributed by atoms with Crippen LogP contribution in [0, 0.1) is 23.2 Å². The van der Waals surface area contributed by atoms with Crippen molar-refractivity contribution in [3.8, 4) is 0 Å². The van der Waals surface area contributed by atoms with Crippen LogP contribution in [0.3, 0.4) is 0 Å². The number of hydrogen-bond donors (Lipinski definition) is 0. The van der Waals surface area contributed by atoms with Crippen molar-refractivity contribution >= 4 is 15.9 Å². The molecule has 0 aromatic heterocycles. The van der Waals surface area contributed by atoms with Crippen LogP contribution in [0.5, 0.6) is 0 Å². The Morgan fingerprint density at radius 2 is 2.08 bits per heavy atom. The molecule has 132 valence electrons. The quantitative estimate of drug-likeness (QED) is 0.485. The van der Waals surface area contributed by atoms with E-state index in [4.69, 9.17) is 4.74 Å². The van der Waals surface area contributed by atoms with E-state index in [0.717, 1.165) is 11.8 Å². The SMILES string of the molecule is CCC1C=C2C=C3CCC4(C)C(C)CCC4C34CCC2(CC1Br)O4. The summed E-state index contributed by atoms with van der Waals surface area (Å²) < 4.78 is 7.20. The van der Waals surface area contributed by atoms with E-state index in [1.807, 2.05) is 0 Å². The second-order valence-corrected chi connectivity index (χ2v) is 10.8. The normalized spacial score (nSPS) is 55.3. The van der Waals surface area contributed by atoms with Gasteiger partial charge < -0.3 is 4.74 Å². The minimum atomic E-state index is 0.0212. The first kappa shape index (κ1) is 16.1. The number of allylic oxidation sites excluding steroid dienone is 1. The van der Waals surface area contributed by atoms with E-state index >= 15 is 0 Å². The molecule has 7 atom stereocenters. The fourth-order valence-electron chi connectivity index (χ4n) is 7.11. The zero-order chi connectivity index (χ0) is 16.7. The molecular formula is C22H31BrO. The molecule has 0 amide bonds. The molecule has 3 aliphatic carbocycles. The average Bonchev–Trinajstić information content (AvgIpc) is 3.03. The summed E-state index contributed by atoms with van der Waals surface area (Å²) in [5.74, 6) is 2.27. The highest BCUT2D eigenvalue weighted by Crippen LogP contribution is 2.68. The third-order valence-corrected chi connectivity index (χ3v) is 9.84. The number of halogens is 1. The van der Waals surface area contributed by atoms with Crippen LogP contribution < -0.4 is 0 Å². The summed E-state index contributed by atoms with van der Waals surface area (Å²) in [7, 11) is 0. The van der Waals surface area contributed by atoms with Gasteiger partial charge in [0.15, 0.2) is 0 Å². The first-order valence-corrected chi connectivity index (χ1v) is 11.1. The van der Waals surface area contributed by atoms with Crippen molar-refractivity contribution in [3.05, 3.63) is 23.3 Å². The molecule has 2 saturated carbocycles. The highest BCUT2D eigenvalue weighted by Gasteiger charge is 2.66. The maximum atomic E-state index is 7.20. The van der Waals surface area contributed by atoms with Crippen molar-refractivity contribution in [2.45, 2.75) is 88.2 Å². The van der Waals surface area contributed by atoms with Crippen LogP contribution in [0.2, 0.25) is 0 Å². The summed E-state index contributed by atoms with van der Waals surface area (Å²) >= 11 is 3.99. The molecule has 1 nitrogen and oxygen atoms in total. The molecule has 2 heterocycles. The van der Waals surface area contributed by atoms with E-state index in [0.29, 0.717) is 16.2 Å². The van der Waals surface area contributed by atoms with Gasteiger partial charge in [0.05, 0.1) is 11.2 Å². The van der Waals surface area contributed by atoms with E-state index in [-0.39, 0.29) is 11.2 Å². The van der Waals surface area contributed by atoms with Gasteiger partial charge >= 0.3 is 0 Å². The average molecular weight is 391 g/mol. The van der Waals surface area contributed by atoms with Crippen molar-refractivity contribution in [1.29, 1.82) is 0 Å². The Kier molecular flexibility index (Phi) is 3.36. The van der Waals surface area contributed by atoms with E-state index < -0.39 is 0 Å². The van der Waals surface area contributed by atoms with E-state index in [9.17, 15) is 0 Å². The summed E-state index contributed by atoms with van der Waals surface area (Å²) in [6, 6.07) is 0. The van der Waals surface area contributed by atoms with Gasteiger partial charge in [0.2, 0.25) is 0 Å². The van der Waals surface area contributed by atoms with Gasteiger partial charge in [-0.15, -0.1) is 0 Å². The molecule has 24 heavy (non-hydrogen) atoms. The first-order valence-electron chi connectivity index (χ1n) is 10.2. The van der Waals surface area contributed by atoms with E-state index in [1.54, 1.807) is 5.57 Å². The molecule has 0 N–H and O–H groups in total. The molecule has 0 aromatic carbocycles. The predicted molar refractivity (Wildman–Crippen MR) is 102 cm³/mol. The number of rotatable bonds is 1. The summed E-state index contributed by atoms with van der Waals surface area (Å²) in [5.41, 5.74) is 3.79. The number of ether oxygens (including phenoxy) is 1. The molecule has 5 aliphatic rings. The summed E-state index contributed by atoms with van der Waals surface area (Å²) in [5, 5.41) is 0. The molecule has 2 bridgehead atoms. The van der Waals surface area contributed by atoms with E-state index in [2.05, 4.69) is 48.9 Å². The Morgan fingerprint density at radius 1 is 1.25 bits per heavy atom. The Labute approximate surface area is 155 Å². The number of fused-ring (bicyclic) bond motifs is 1. The lowest BCUT2D eigenvalue weighted by Crippen LogP contribution is -2.55. The van der Waals surface area contributed by atoms with Gasteiger partial charge in [-0.2, -0.15) is 0 Å². The standard InChI is InChI=1S/C22H31BrO/c1-4-15-11-17-12-16-7-8-20(3)14(2)5-6-19(20)22(16)10-9-21(17,24-22)13-18(15)23/h11-12,14-15,18-19H,4-10,13H2,1-3H3. The maximum Gasteiger partial charge on any atom is 0.0952 e. The third-order valence-electron chi connectivity index (χ3n) is 8.84. The molecule has 0 aromatic rings. The van der Waals surface area contributed by atoms with Gasteiger partial charge in [-0.05, 0) is 85.7 Å². The van der Waals surface area contributed by atoms with Crippen LogP contribution in [0.15, 0.2) is 23.3 Å². The number of alkyl halides is 1. The summed E-state index contributed by atoms with van der Waals surface area (Å²) in [6.45, 7) is 7.38. The van der Waals surface area contributed by atoms with Crippen LogP contribution in [0.1, 0.15) is 72.1 Å². The number of hydrogen-bond acceptors (Lipinski definition) is 1. The van der Waals surface area contributed by atoms with E-state index in [1.165, 1.54) is 56.9 Å². The van der Waals surface area contributed by atoms with Crippen molar-refractivity contribution < 1.29 is 4.74 Å². The monoisotopic (exact) mass is 390 g/mol. The Bertz CT molecular complexity index is 636. The lowest BCUT2D eigenvalue weighted by atomic mass is 9.57. The maximum absolute atomic E-state index is 7.20. The van der Waals surface area contributed by atoms with Gasteiger partial charge in [-0.25, -0.2) is 0 Å². The third kappa shape index (κ3) is 1.80. The highest BCUT2D eigenvalue weighted by atomic mass is 79.9. The van der Waals surface area contributed by atoms with Crippen LogP contribution in [0.4, 0.5) is 0 Å². The molecule has 5 rings (SSSR count). The van der Waals surface area contributed by atoms with Crippen LogP contribution in [-0.4, -0.2) is 16.0 Å². The minimum Gasteiger partial charge on any atom is -0.359 e. The topological polar surface area (TPSA) is 9.23 Å². The van der Waals surface area contributed by atoms with Gasteiger partial charge in [0.1, 0.15) is 0 Å². The zero-order valence-electron chi connectivity index (χ0n) is 15.4. The molecular weight excluding hydrogens is 360 g/mol. The molecule has 0 radical (unpaired) electrons. The lowest BCUT2D eigenvalue weighted by Gasteiger charge is -2.55. The Hall–Kier alpha value is -0.0800. The van der Waals surface area contributed by atoms with Crippen molar-refractivity contribution in [3.63, 3.8) is 0 Å². The first-order chi connectivity index (χ1) is 11.4. The molecule has 2 spiro atoms. The summed E-state index contributed by atoms with van der Waals surface area (Å²) in [4.78, 5) is 0.578. The minimum absolute atomic E-state index is 0.0212. The highest BCUT2D eigenvalue weighted by molar-refractivity contribution is 9.09. The second kappa shape index (κ2) is 5.00. The zero-order valence-corrected chi connectivity index (χ0v) is 17.0. The molecule has 2 heteroatoms. The second-order valence-electron chi connectivity index (χ2n) is 9.61. The largest absolute Gasteiger partial charge is 0.359 e.